The van der Waals surface area contributed by atoms with Crippen LogP contribution in [0.2, 0.25) is 0 Å². The summed E-state index contributed by atoms with van der Waals surface area (Å²) in [5, 5.41) is 0. The lowest BCUT2D eigenvalue weighted by atomic mass is 10.1. The Hall–Kier alpha value is -0.780. The van der Waals surface area contributed by atoms with Gasteiger partial charge in [0.2, 0.25) is 0 Å². The summed E-state index contributed by atoms with van der Waals surface area (Å²) in [6, 6.07) is 0. The van der Waals surface area contributed by atoms with Crippen LogP contribution < -0.4 is 0 Å². The number of allylic oxidation sites excluding steroid dienone is 5. The Labute approximate surface area is 64.0 Å². The third-order valence-corrected chi connectivity index (χ3v) is 1.41. The zero-order chi connectivity index (χ0) is 8.15. The second-order valence-corrected chi connectivity index (χ2v) is 2.86. The molecule has 0 rings (SSSR count). The van der Waals surface area contributed by atoms with Gasteiger partial charge in [-0.1, -0.05) is 35.5 Å². The van der Waals surface area contributed by atoms with Gasteiger partial charge in [0.25, 0.3) is 0 Å². The molecule has 0 atom stereocenters. The first-order chi connectivity index (χ1) is 4.54. The van der Waals surface area contributed by atoms with Crippen LogP contribution in [-0.4, -0.2) is 0 Å². The second-order valence-electron chi connectivity index (χ2n) is 2.86. The minimum Gasteiger partial charge on any atom is -0.0961 e. The van der Waals surface area contributed by atoms with Gasteiger partial charge in [0, 0.05) is 0 Å². The van der Waals surface area contributed by atoms with Crippen LogP contribution in [0.25, 0.3) is 0 Å². The van der Waals surface area contributed by atoms with Crippen LogP contribution >= 0.6 is 0 Å². The fourth-order valence-corrected chi connectivity index (χ4v) is 0.434. The molecule has 0 unspecified atom stereocenters. The molecule has 0 aliphatic carbocycles. The molecule has 0 radical (unpaired) electrons. The van der Waals surface area contributed by atoms with Gasteiger partial charge >= 0.3 is 0 Å². The fraction of sp³-hybridized carbons (Fsp3) is 0.400. The summed E-state index contributed by atoms with van der Waals surface area (Å²) < 4.78 is 0. The maximum Gasteiger partial charge on any atom is -0.0398 e. The minimum absolute atomic E-state index is 1.10. The molecule has 0 saturated carbocycles. The Morgan fingerprint density at radius 3 is 1.80 bits per heavy atom. The molecule has 0 heterocycles. The molecule has 0 fully saturated rings. The van der Waals surface area contributed by atoms with Crippen LogP contribution in [0.1, 0.15) is 27.7 Å². The molecule has 0 saturated heterocycles. The Morgan fingerprint density at radius 2 is 1.50 bits per heavy atom. The molecule has 10 heavy (non-hydrogen) atoms. The van der Waals surface area contributed by atoms with Crippen molar-refractivity contribution in [2.45, 2.75) is 27.7 Å². The van der Waals surface area contributed by atoms with Crippen molar-refractivity contribution in [1.29, 1.82) is 0 Å². The lowest BCUT2D eigenvalue weighted by Crippen LogP contribution is -1.73. The van der Waals surface area contributed by atoms with Crippen LogP contribution in [0.15, 0.2) is 35.5 Å². The van der Waals surface area contributed by atoms with Crippen LogP contribution in [0.3, 0.4) is 0 Å². The van der Waals surface area contributed by atoms with Gasteiger partial charge in [0.05, 0.1) is 0 Å². The van der Waals surface area contributed by atoms with E-state index in [1.807, 2.05) is 13.0 Å². The maximum absolute atomic E-state index is 3.78. The first-order valence-corrected chi connectivity index (χ1v) is 3.51. The standard InChI is InChI=1S/C10H16/c1-8(2)6-7-10(5)9(3)4/h6-7H,1H2,2-5H3. The quantitative estimate of drug-likeness (QED) is 0.510. The van der Waals surface area contributed by atoms with Crippen molar-refractivity contribution in [2.24, 2.45) is 0 Å². The molecule has 0 nitrogen and oxygen atoms in total. The minimum atomic E-state index is 1.10. The van der Waals surface area contributed by atoms with Crippen molar-refractivity contribution in [2.75, 3.05) is 0 Å². The SMILES string of the molecule is C=C(C)C=CC(C)=C(C)C. The maximum atomic E-state index is 3.78. The summed E-state index contributed by atoms with van der Waals surface area (Å²) in [5.74, 6) is 0. The van der Waals surface area contributed by atoms with Gasteiger partial charge in [-0.05, 0) is 27.7 Å². The van der Waals surface area contributed by atoms with Gasteiger partial charge in [0.15, 0.2) is 0 Å². The molecule has 56 valence electrons. The van der Waals surface area contributed by atoms with Crippen LogP contribution in [-0.2, 0) is 0 Å². The van der Waals surface area contributed by atoms with Gasteiger partial charge in [0.1, 0.15) is 0 Å². The smallest absolute Gasteiger partial charge is 0.0398 e. The topological polar surface area (TPSA) is 0 Å². The van der Waals surface area contributed by atoms with Gasteiger partial charge in [-0.3, -0.25) is 0 Å². The van der Waals surface area contributed by atoms with E-state index in [0.717, 1.165) is 5.57 Å². The zero-order valence-electron chi connectivity index (χ0n) is 7.36. The summed E-state index contributed by atoms with van der Waals surface area (Å²) in [6.07, 6.45) is 4.12. The van der Waals surface area contributed by atoms with Crippen molar-refractivity contribution in [3.8, 4) is 0 Å². The number of hydrogen-bond acceptors (Lipinski definition) is 0. The lowest BCUT2D eigenvalue weighted by Gasteiger charge is -1.94. The molecule has 0 spiro atoms. The average molecular weight is 136 g/mol. The van der Waals surface area contributed by atoms with Crippen molar-refractivity contribution >= 4 is 0 Å². The number of rotatable bonds is 2. The summed E-state index contributed by atoms with van der Waals surface area (Å²) in [5.41, 5.74) is 3.78. The van der Waals surface area contributed by atoms with E-state index >= 15 is 0 Å². The van der Waals surface area contributed by atoms with Crippen molar-refractivity contribution in [1.82, 2.24) is 0 Å². The molecule has 0 heteroatoms. The molecule has 0 aromatic rings. The lowest BCUT2D eigenvalue weighted by molar-refractivity contribution is 1.29. The Balaban J connectivity index is 4.16. The first kappa shape index (κ1) is 9.22. The van der Waals surface area contributed by atoms with Crippen molar-refractivity contribution in [3.63, 3.8) is 0 Å². The molecule has 0 bridgehead atoms. The van der Waals surface area contributed by atoms with E-state index in [4.69, 9.17) is 0 Å². The molecule has 0 amide bonds. The highest BCUT2D eigenvalue weighted by molar-refractivity contribution is 5.26. The third kappa shape index (κ3) is 4.13. The highest BCUT2D eigenvalue weighted by Crippen LogP contribution is 2.04. The van der Waals surface area contributed by atoms with Gasteiger partial charge in [-0.25, -0.2) is 0 Å². The fourth-order valence-electron chi connectivity index (χ4n) is 0.434. The van der Waals surface area contributed by atoms with E-state index in [9.17, 15) is 0 Å². The predicted molar refractivity (Wildman–Crippen MR) is 48.0 cm³/mol. The highest BCUT2D eigenvalue weighted by atomic mass is 13.9. The second kappa shape index (κ2) is 4.10. The van der Waals surface area contributed by atoms with Gasteiger partial charge in [-0.2, -0.15) is 0 Å². The van der Waals surface area contributed by atoms with E-state index in [0.29, 0.717) is 0 Å². The first-order valence-electron chi connectivity index (χ1n) is 3.51. The highest BCUT2D eigenvalue weighted by Gasteiger charge is 1.83. The Morgan fingerprint density at radius 1 is 1.00 bits per heavy atom. The van der Waals surface area contributed by atoms with E-state index in [2.05, 4.69) is 33.4 Å². The summed E-state index contributed by atoms with van der Waals surface area (Å²) in [4.78, 5) is 0. The van der Waals surface area contributed by atoms with Crippen molar-refractivity contribution < 1.29 is 0 Å². The summed E-state index contributed by atoms with van der Waals surface area (Å²) >= 11 is 0. The molecule has 0 aliphatic heterocycles. The van der Waals surface area contributed by atoms with E-state index < -0.39 is 0 Å². The Kier molecular flexibility index (Phi) is 3.78. The predicted octanol–water partition coefficient (Wildman–Crippen LogP) is 3.48. The van der Waals surface area contributed by atoms with Gasteiger partial charge in [-0.15, -0.1) is 0 Å². The largest absolute Gasteiger partial charge is 0.0961 e. The van der Waals surface area contributed by atoms with E-state index in [1.54, 1.807) is 0 Å². The summed E-state index contributed by atoms with van der Waals surface area (Å²) in [7, 11) is 0. The number of hydrogen-bond donors (Lipinski definition) is 0. The normalized spacial score (nSPS) is 10.0. The van der Waals surface area contributed by atoms with E-state index in [-0.39, 0.29) is 0 Å². The third-order valence-electron chi connectivity index (χ3n) is 1.41. The van der Waals surface area contributed by atoms with Crippen LogP contribution in [0.4, 0.5) is 0 Å². The van der Waals surface area contributed by atoms with Crippen molar-refractivity contribution in [3.05, 3.63) is 35.5 Å². The summed E-state index contributed by atoms with van der Waals surface area (Å²) in [6.45, 7) is 12.1. The van der Waals surface area contributed by atoms with Crippen LogP contribution in [0.5, 0.6) is 0 Å². The molecule has 0 aromatic carbocycles. The van der Waals surface area contributed by atoms with Crippen LogP contribution in [0, 0.1) is 0 Å². The average Bonchev–Trinajstić information content (AvgIpc) is 1.82. The van der Waals surface area contributed by atoms with E-state index in [1.165, 1.54) is 11.1 Å². The molecule has 0 aromatic heterocycles. The molecular formula is C10H16. The monoisotopic (exact) mass is 136 g/mol. The Bertz CT molecular complexity index is 176. The zero-order valence-corrected chi connectivity index (χ0v) is 7.36. The van der Waals surface area contributed by atoms with Gasteiger partial charge < -0.3 is 0 Å². The molecule has 0 N–H and O–H groups in total. The molecular weight excluding hydrogens is 120 g/mol. The molecule has 0 aliphatic rings.